The highest BCUT2D eigenvalue weighted by Crippen LogP contribution is 2.18. The van der Waals surface area contributed by atoms with Gasteiger partial charge in [0.25, 0.3) is 15.9 Å². The lowest BCUT2D eigenvalue weighted by molar-refractivity contribution is 0.0952. The molecular formula is C12H22ClN3O4S. The van der Waals surface area contributed by atoms with E-state index in [1.807, 2.05) is 0 Å². The molecule has 1 amide bonds. The summed E-state index contributed by atoms with van der Waals surface area (Å²) in [5.41, 5.74) is 0.231. The van der Waals surface area contributed by atoms with E-state index >= 15 is 0 Å². The number of furan rings is 1. The van der Waals surface area contributed by atoms with Gasteiger partial charge >= 0.3 is 0 Å². The molecule has 0 unspecified atom stereocenters. The molecule has 0 aromatic carbocycles. The fourth-order valence-corrected chi connectivity index (χ4v) is 2.28. The lowest BCUT2D eigenvalue weighted by atomic mass is 10.2. The number of nitrogens with one attached hydrogen (secondary N) is 3. The lowest BCUT2D eigenvalue weighted by Crippen LogP contribution is -2.32. The Labute approximate surface area is 131 Å². The van der Waals surface area contributed by atoms with Gasteiger partial charge in [0.1, 0.15) is 5.76 Å². The number of aryl methyl sites for hydroxylation is 1. The molecule has 0 spiro atoms. The van der Waals surface area contributed by atoms with Gasteiger partial charge in [-0.1, -0.05) is 6.92 Å². The second-order valence-electron chi connectivity index (χ2n) is 4.25. The summed E-state index contributed by atoms with van der Waals surface area (Å²) >= 11 is 0. The quantitative estimate of drug-likeness (QED) is 0.604. The van der Waals surface area contributed by atoms with Gasteiger partial charge in [0.05, 0.1) is 5.56 Å². The molecule has 0 radical (unpaired) electrons. The fraction of sp³-hybridized carbons (Fsp3) is 0.583. The van der Waals surface area contributed by atoms with Crippen molar-refractivity contribution < 1.29 is 17.6 Å². The van der Waals surface area contributed by atoms with Crippen LogP contribution in [0.4, 0.5) is 0 Å². The number of halogens is 1. The average Bonchev–Trinajstić information content (AvgIpc) is 2.81. The molecule has 0 saturated carbocycles. The van der Waals surface area contributed by atoms with Crippen LogP contribution in [0.3, 0.4) is 0 Å². The van der Waals surface area contributed by atoms with E-state index in [1.165, 1.54) is 13.1 Å². The van der Waals surface area contributed by atoms with Gasteiger partial charge in [0.2, 0.25) is 5.09 Å². The van der Waals surface area contributed by atoms with E-state index in [0.29, 0.717) is 13.1 Å². The summed E-state index contributed by atoms with van der Waals surface area (Å²) in [4.78, 5) is 11.9. The number of hydrogen-bond donors (Lipinski definition) is 3. The van der Waals surface area contributed by atoms with Gasteiger partial charge in [-0.2, -0.15) is 0 Å². The van der Waals surface area contributed by atoms with Crippen molar-refractivity contribution in [2.45, 2.75) is 25.4 Å². The topological polar surface area (TPSA) is 100 Å². The number of sulfonamides is 1. The first-order valence-electron chi connectivity index (χ1n) is 6.45. The highest BCUT2D eigenvalue weighted by Gasteiger charge is 2.22. The smallest absolute Gasteiger partial charge is 0.273 e. The second kappa shape index (κ2) is 9.04. The second-order valence-corrected chi connectivity index (χ2v) is 6.07. The molecule has 1 rings (SSSR count). The minimum absolute atomic E-state index is 0. The number of hydrogen-bond acceptors (Lipinski definition) is 5. The maximum atomic E-state index is 11.9. The summed E-state index contributed by atoms with van der Waals surface area (Å²) in [5.74, 6) is -0.0695. The summed E-state index contributed by atoms with van der Waals surface area (Å²) < 4.78 is 30.4. The molecule has 1 aromatic heterocycles. The van der Waals surface area contributed by atoms with Gasteiger partial charge in [0.15, 0.2) is 0 Å². The standard InChI is InChI=1S/C12H21N3O4S.ClH/c1-4-5-14-6-7-15-12(16)10-8-11(19-9(10)2)20(17,18)13-3;/h8,13-14H,4-7H2,1-3H3,(H,15,16);1H. The first-order chi connectivity index (χ1) is 9.42. The van der Waals surface area contributed by atoms with Gasteiger partial charge in [-0.25, -0.2) is 13.1 Å². The minimum atomic E-state index is -3.67. The van der Waals surface area contributed by atoms with Crippen molar-refractivity contribution in [2.24, 2.45) is 0 Å². The third-order valence-electron chi connectivity index (χ3n) is 2.69. The van der Waals surface area contributed by atoms with Gasteiger partial charge in [-0.05, 0) is 26.9 Å². The molecule has 0 bridgehead atoms. The molecule has 1 heterocycles. The minimum Gasteiger partial charge on any atom is -0.448 e. The fourth-order valence-electron chi connectivity index (χ4n) is 1.57. The average molecular weight is 340 g/mol. The zero-order valence-electron chi connectivity index (χ0n) is 12.4. The third kappa shape index (κ3) is 5.66. The number of rotatable bonds is 8. The maximum Gasteiger partial charge on any atom is 0.273 e. The van der Waals surface area contributed by atoms with E-state index in [-0.39, 0.29) is 34.7 Å². The molecule has 7 nitrogen and oxygen atoms in total. The summed E-state index contributed by atoms with van der Waals surface area (Å²) in [6.07, 6.45) is 1.03. The summed E-state index contributed by atoms with van der Waals surface area (Å²) in [7, 11) is -2.39. The Bertz CT molecular complexity index is 557. The van der Waals surface area contributed by atoms with Crippen LogP contribution in [0.25, 0.3) is 0 Å². The highest BCUT2D eigenvalue weighted by atomic mass is 35.5. The van der Waals surface area contributed by atoms with Crippen LogP contribution >= 0.6 is 12.4 Å². The van der Waals surface area contributed by atoms with Crippen LogP contribution < -0.4 is 15.4 Å². The van der Waals surface area contributed by atoms with Crippen molar-refractivity contribution in [1.29, 1.82) is 0 Å². The van der Waals surface area contributed by atoms with Crippen LogP contribution in [0.15, 0.2) is 15.6 Å². The van der Waals surface area contributed by atoms with Crippen molar-refractivity contribution in [1.82, 2.24) is 15.4 Å². The van der Waals surface area contributed by atoms with Crippen LogP contribution in [0.2, 0.25) is 0 Å². The van der Waals surface area contributed by atoms with Crippen LogP contribution in [0.1, 0.15) is 29.5 Å². The lowest BCUT2D eigenvalue weighted by Gasteiger charge is -2.04. The SMILES string of the molecule is CCCNCCNC(=O)c1cc(S(=O)(=O)NC)oc1C.Cl. The van der Waals surface area contributed by atoms with Crippen molar-refractivity contribution in [3.05, 3.63) is 17.4 Å². The normalized spacial score (nSPS) is 11.0. The zero-order valence-corrected chi connectivity index (χ0v) is 14.0. The number of amides is 1. The van der Waals surface area contributed by atoms with Crippen molar-refractivity contribution in [2.75, 3.05) is 26.7 Å². The van der Waals surface area contributed by atoms with E-state index in [4.69, 9.17) is 4.42 Å². The largest absolute Gasteiger partial charge is 0.448 e. The Hall–Kier alpha value is -1.09. The summed E-state index contributed by atoms with van der Waals surface area (Å²) in [5, 5.41) is 5.60. The maximum absolute atomic E-state index is 11.9. The molecule has 21 heavy (non-hydrogen) atoms. The summed E-state index contributed by atoms with van der Waals surface area (Å²) in [6, 6.07) is 1.23. The Morgan fingerprint density at radius 2 is 1.95 bits per heavy atom. The van der Waals surface area contributed by atoms with Gasteiger partial charge < -0.3 is 15.1 Å². The molecule has 0 aliphatic heterocycles. The molecule has 0 atom stereocenters. The van der Waals surface area contributed by atoms with Gasteiger partial charge in [-0.15, -0.1) is 12.4 Å². The molecule has 1 aromatic rings. The molecule has 0 saturated heterocycles. The van der Waals surface area contributed by atoms with E-state index in [9.17, 15) is 13.2 Å². The van der Waals surface area contributed by atoms with Crippen LogP contribution in [0.5, 0.6) is 0 Å². The highest BCUT2D eigenvalue weighted by molar-refractivity contribution is 7.89. The Morgan fingerprint density at radius 3 is 2.52 bits per heavy atom. The first-order valence-corrected chi connectivity index (χ1v) is 7.93. The van der Waals surface area contributed by atoms with Gasteiger partial charge in [-0.3, -0.25) is 4.79 Å². The van der Waals surface area contributed by atoms with E-state index < -0.39 is 10.0 Å². The van der Waals surface area contributed by atoms with E-state index in [0.717, 1.165) is 13.0 Å². The number of carbonyl (C=O) groups is 1. The van der Waals surface area contributed by atoms with Crippen molar-refractivity contribution >= 4 is 28.3 Å². The predicted octanol–water partition coefficient (Wildman–Crippen LogP) is 0.647. The van der Waals surface area contributed by atoms with Gasteiger partial charge in [0, 0.05) is 19.2 Å². The van der Waals surface area contributed by atoms with Crippen molar-refractivity contribution in [3.8, 4) is 0 Å². The van der Waals surface area contributed by atoms with E-state index in [2.05, 4.69) is 22.3 Å². The van der Waals surface area contributed by atoms with Crippen LogP contribution in [0, 0.1) is 6.92 Å². The molecule has 0 aliphatic rings. The molecule has 0 fully saturated rings. The molecule has 3 N–H and O–H groups in total. The predicted molar refractivity (Wildman–Crippen MR) is 82.4 cm³/mol. The Balaban J connectivity index is 0.00000400. The van der Waals surface area contributed by atoms with Crippen LogP contribution in [-0.4, -0.2) is 41.0 Å². The van der Waals surface area contributed by atoms with Crippen molar-refractivity contribution in [3.63, 3.8) is 0 Å². The van der Waals surface area contributed by atoms with Crippen LogP contribution in [-0.2, 0) is 10.0 Å². The Kier molecular flexibility index (Phi) is 8.57. The Morgan fingerprint density at radius 1 is 1.29 bits per heavy atom. The molecule has 9 heteroatoms. The number of carbonyl (C=O) groups excluding carboxylic acids is 1. The monoisotopic (exact) mass is 339 g/mol. The molecule has 122 valence electrons. The zero-order chi connectivity index (χ0) is 15.2. The first kappa shape index (κ1) is 19.9. The molecular weight excluding hydrogens is 318 g/mol. The summed E-state index contributed by atoms with van der Waals surface area (Å²) in [6.45, 7) is 5.64. The van der Waals surface area contributed by atoms with E-state index in [1.54, 1.807) is 6.92 Å². The molecule has 0 aliphatic carbocycles. The third-order valence-corrected chi connectivity index (χ3v) is 3.96.